The molecule has 5 heteroatoms. The van der Waals surface area contributed by atoms with Crippen LogP contribution in [0.25, 0.3) is 0 Å². The van der Waals surface area contributed by atoms with Gasteiger partial charge in [0, 0.05) is 34.6 Å². The van der Waals surface area contributed by atoms with E-state index in [2.05, 4.69) is 26.6 Å². The van der Waals surface area contributed by atoms with Crippen molar-refractivity contribution in [3.8, 4) is 0 Å². The van der Waals surface area contributed by atoms with Crippen LogP contribution in [0.2, 0.25) is 0 Å². The summed E-state index contributed by atoms with van der Waals surface area (Å²) < 4.78 is 0.941. The topological polar surface area (TPSA) is 58.2 Å². The molecule has 2 atom stereocenters. The lowest BCUT2D eigenvalue weighted by Crippen LogP contribution is -2.23. The zero-order chi connectivity index (χ0) is 16.4. The van der Waals surface area contributed by atoms with Gasteiger partial charge in [0.25, 0.3) is 5.91 Å². The van der Waals surface area contributed by atoms with Gasteiger partial charge in [0.1, 0.15) is 0 Å². The quantitative estimate of drug-likeness (QED) is 0.859. The molecule has 4 nitrogen and oxygen atoms in total. The van der Waals surface area contributed by atoms with Gasteiger partial charge >= 0.3 is 0 Å². The molecule has 118 valence electrons. The van der Waals surface area contributed by atoms with Crippen LogP contribution in [0.4, 0.5) is 5.69 Å². The lowest BCUT2D eigenvalue weighted by molar-refractivity contribution is -0.119. The van der Waals surface area contributed by atoms with Crippen LogP contribution in [0.1, 0.15) is 35.2 Å². The van der Waals surface area contributed by atoms with Gasteiger partial charge in [-0.15, -0.1) is 0 Å². The van der Waals surface area contributed by atoms with Gasteiger partial charge in [0.2, 0.25) is 5.91 Å². The van der Waals surface area contributed by atoms with E-state index < -0.39 is 0 Å². The largest absolute Gasteiger partial charge is 0.353 e. The van der Waals surface area contributed by atoms with Crippen LogP contribution in [0.3, 0.4) is 0 Å². The molecular weight excluding hydrogens is 356 g/mol. The van der Waals surface area contributed by atoms with E-state index in [9.17, 15) is 9.59 Å². The summed E-state index contributed by atoms with van der Waals surface area (Å²) in [5.41, 5.74) is 2.56. The molecule has 0 heterocycles. The number of carbonyl (C=O) groups excluding carboxylic acids is 2. The number of halogens is 1. The number of amides is 2. The molecular formula is C18H17BrN2O2. The average molecular weight is 373 g/mol. The van der Waals surface area contributed by atoms with Crippen molar-refractivity contribution in [2.75, 3.05) is 5.32 Å². The predicted molar refractivity (Wildman–Crippen MR) is 93.5 cm³/mol. The van der Waals surface area contributed by atoms with Crippen LogP contribution in [-0.2, 0) is 4.79 Å². The summed E-state index contributed by atoms with van der Waals surface area (Å²) >= 11 is 3.35. The predicted octanol–water partition coefficient (Wildman–Crippen LogP) is 3.69. The normalized spacial score (nSPS) is 19.0. The number of nitrogens with one attached hydrogen (secondary N) is 2. The Morgan fingerprint density at radius 2 is 1.70 bits per heavy atom. The van der Waals surface area contributed by atoms with Gasteiger partial charge in [-0.05, 0) is 48.4 Å². The van der Waals surface area contributed by atoms with Gasteiger partial charge in [0.15, 0.2) is 0 Å². The highest BCUT2D eigenvalue weighted by atomic mass is 79.9. The van der Waals surface area contributed by atoms with E-state index in [1.807, 2.05) is 36.4 Å². The van der Waals surface area contributed by atoms with E-state index in [0.717, 1.165) is 16.6 Å². The number of carbonyl (C=O) groups is 2. The van der Waals surface area contributed by atoms with Crippen LogP contribution in [0.15, 0.2) is 53.0 Å². The van der Waals surface area contributed by atoms with Crippen LogP contribution >= 0.6 is 15.9 Å². The second kappa shape index (κ2) is 6.54. The molecule has 1 fully saturated rings. The smallest absolute Gasteiger partial charge is 0.255 e. The fourth-order valence-electron chi connectivity index (χ4n) is 2.60. The van der Waals surface area contributed by atoms with Crippen LogP contribution < -0.4 is 10.6 Å². The van der Waals surface area contributed by atoms with E-state index >= 15 is 0 Å². The third kappa shape index (κ3) is 3.99. The first kappa shape index (κ1) is 15.7. The molecule has 0 aromatic heterocycles. The highest BCUT2D eigenvalue weighted by Gasteiger charge is 2.38. The monoisotopic (exact) mass is 372 g/mol. The van der Waals surface area contributed by atoms with Crippen molar-refractivity contribution in [3.05, 3.63) is 64.1 Å². The van der Waals surface area contributed by atoms with E-state index in [1.54, 1.807) is 12.1 Å². The molecule has 0 radical (unpaired) electrons. The molecule has 3 rings (SSSR count). The van der Waals surface area contributed by atoms with Crippen molar-refractivity contribution >= 4 is 33.4 Å². The molecule has 0 saturated heterocycles. The van der Waals surface area contributed by atoms with Gasteiger partial charge in [-0.3, -0.25) is 9.59 Å². The van der Waals surface area contributed by atoms with Crippen molar-refractivity contribution in [1.29, 1.82) is 0 Å². The highest BCUT2D eigenvalue weighted by molar-refractivity contribution is 9.10. The van der Waals surface area contributed by atoms with Gasteiger partial charge in [0.05, 0.1) is 0 Å². The minimum atomic E-state index is -0.132. The average Bonchev–Trinajstić information content (AvgIpc) is 3.27. The summed E-state index contributed by atoms with van der Waals surface area (Å²) in [6.07, 6.45) is 0.976. The molecule has 0 spiro atoms. The second-order valence-electron chi connectivity index (χ2n) is 5.73. The molecule has 1 saturated carbocycles. The Kier molecular flexibility index (Phi) is 4.48. The van der Waals surface area contributed by atoms with Gasteiger partial charge in [-0.2, -0.15) is 0 Å². The van der Waals surface area contributed by atoms with E-state index in [4.69, 9.17) is 0 Å². The highest BCUT2D eigenvalue weighted by Crippen LogP contribution is 2.41. The van der Waals surface area contributed by atoms with E-state index in [1.165, 1.54) is 12.5 Å². The number of hydrogen-bond donors (Lipinski definition) is 2. The molecule has 2 amide bonds. The van der Waals surface area contributed by atoms with Crippen molar-refractivity contribution in [1.82, 2.24) is 5.32 Å². The second-order valence-corrected chi connectivity index (χ2v) is 6.65. The minimum absolute atomic E-state index is 0.0101. The Balaban J connectivity index is 1.61. The van der Waals surface area contributed by atoms with Crippen LogP contribution in [-0.4, -0.2) is 17.9 Å². The third-order valence-corrected chi connectivity index (χ3v) is 4.41. The fraction of sp³-hybridized carbons (Fsp3) is 0.222. The Morgan fingerprint density at radius 1 is 1.04 bits per heavy atom. The zero-order valence-electron chi connectivity index (χ0n) is 12.7. The number of hydrogen-bond acceptors (Lipinski definition) is 2. The molecule has 0 bridgehead atoms. The molecule has 0 unspecified atom stereocenters. The number of benzene rings is 2. The Labute approximate surface area is 143 Å². The maximum absolute atomic E-state index is 12.2. The lowest BCUT2D eigenvalue weighted by atomic mass is 10.1. The minimum Gasteiger partial charge on any atom is -0.353 e. The van der Waals surface area contributed by atoms with Crippen LogP contribution in [0, 0.1) is 0 Å². The molecule has 1 aliphatic carbocycles. The van der Waals surface area contributed by atoms with Crippen molar-refractivity contribution < 1.29 is 9.59 Å². The molecule has 2 aromatic carbocycles. The summed E-state index contributed by atoms with van der Waals surface area (Å²) in [6, 6.07) is 15.3. The number of anilines is 1. The molecule has 2 aromatic rings. The standard InChI is InChI=1S/C18H17BrN2O2/c1-11(22)20-17-10-16(17)12-4-8-15(9-5-12)21-18(23)13-2-6-14(19)7-3-13/h2-9,16-17H,10H2,1H3,(H,20,22)(H,21,23)/t16-,17+/m0/s1. The van der Waals surface area contributed by atoms with Crippen molar-refractivity contribution in [2.24, 2.45) is 0 Å². The number of rotatable bonds is 4. The molecule has 23 heavy (non-hydrogen) atoms. The first-order valence-electron chi connectivity index (χ1n) is 7.47. The molecule has 1 aliphatic rings. The summed E-state index contributed by atoms with van der Waals surface area (Å²) in [4.78, 5) is 23.2. The van der Waals surface area contributed by atoms with Crippen molar-refractivity contribution in [3.63, 3.8) is 0 Å². The van der Waals surface area contributed by atoms with Crippen molar-refractivity contribution in [2.45, 2.75) is 25.3 Å². The first-order chi connectivity index (χ1) is 11.0. The Hall–Kier alpha value is -2.14. The first-order valence-corrected chi connectivity index (χ1v) is 8.26. The fourth-order valence-corrected chi connectivity index (χ4v) is 2.87. The summed E-state index contributed by atoms with van der Waals surface area (Å²) in [7, 11) is 0. The van der Waals surface area contributed by atoms with E-state index in [0.29, 0.717) is 11.5 Å². The van der Waals surface area contributed by atoms with Gasteiger partial charge < -0.3 is 10.6 Å². The Bertz CT molecular complexity index is 726. The SMILES string of the molecule is CC(=O)N[C@@H]1C[C@H]1c1ccc(NC(=O)c2ccc(Br)cc2)cc1. The lowest BCUT2D eigenvalue weighted by Gasteiger charge is -2.07. The maximum Gasteiger partial charge on any atom is 0.255 e. The van der Waals surface area contributed by atoms with Gasteiger partial charge in [-0.25, -0.2) is 0 Å². The maximum atomic E-state index is 12.2. The summed E-state index contributed by atoms with van der Waals surface area (Å²) in [6.45, 7) is 1.54. The van der Waals surface area contributed by atoms with E-state index in [-0.39, 0.29) is 17.9 Å². The van der Waals surface area contributed by atoms with Gasteiger partial charge in [-0.1, -0.05) is 28.1 Å². The zero-order valence-corrected chi connectivity index (χ0v) is 14.3. The molecule has 2 N–H and O–H groups in total. The third-order valence-electron chi connectivity index (χ3n) is 3.88. The Morgan fingerprint density at radius 3 is 2.30 bits per heavy atom. The summed E-state index contributed by atoms with van der Waals surface area (Å²) in [5, 5.41) is 5.81. The summed E-state index contributed by atoms with van der Waals surface area (Å²) in [5.74, 6) is 0.263. The molecule has 0 aliphatic heterocycles. The van der Waals surface area contributed by atoms with Crippen LogP contribution in [0.5, 0.6) is 0 Å².